The maximum Gasteiger partial charge on any atom is 0.279 e. The van der Waals surface area contributed by atoms with E-state index in [-0.39, 0.29) is 38.1 Å². The predicted molar refractivity (Wildman–Crippen MR) is 127 cm³/mol. The van der Waals surface area contributed by atoms with Crippen molar-refractivity contribution in [3.63, 3.8) is 0 Å². The van der Waals surface area contributed by atoms with Crippen molar-refractivity contribution in [1.29, 1.82) is 0 Å². The quantitative estimate of drug-likeness (QED) is 0.487. The molecule has 6 nitrogen and oxygen atoms in total. The van der Waals surface area contributed by atoms with Gasteiger partial charge in [0.05, 0.1) is 21.7 Å². The van der Waals surface area contributed by atoms with Crippen molar-refractivity contribution in [3.05, 3.63) is 58.4 Å². The average Bonchev–Trinajstić information content (AvgIpc) is 3.16. The van der Waals surface area contributed by atoms with Crippen LogP contribution in [-0.2, 0) is 16.6 Å². The van der Waals surface area contributed by atoms with Crippen molar-refractivity contribution >= 4 is 37.5 Å². The number of nitrogens with zero attached hydrogens (tertiary/aromatic N) is 3. The van der Waals surface area contributed by atoms with Crippen LogP contribution in [0.1, 0.15) is 42.5 Å². The van der Waals surface area contributed by atoms with Crippen molar-refractivity contribution in [2.24, 2.45) is 4.99 Å². The number of aromatic nitrogens is 1. The Morgan fingerprint density at radius 2 is 1.88 bits per heavy atom. The number of amides is 1. The summed E-state index contributed by atoms with van der Waals surface area (Å²) in [6, 6.07) is 7.43. The van der Waals surface area contributed by atoms with E-state index in [4.69, 9.17) is 6.42 Å². The molecule has 0 saturated heterocycles. The monoisotopic (exact) mass is 503 g/mol. The molecule has 1 fully saturated rings. The standard InChI is InChI=1S/C24H23F2N3O3S2/c1-3-13-29-22-20(26)14-17(25)15-21(22)33-24(29)27-23(30)16-9-11-19(12-10-16)34(31,32)28(2)18-7-5-4-6-8-18/h1,9-12,14-15,18H,4-8,13H2,2H3. The molecule has 10 heteroatoms. The van der Waals surface area contributed by atoms with Crippen LogP contribution in [0.4, 0.5) is 8.78 Å². The molecule has 0 radical (unpaired) electrons. The molecular weight excluding hydrogens is 480 g/mol. The number of fused-ring (bicyclic) bond motifs is 1. The van der Waals surface area contributed by atoms with Crippen LogP contribution >= 0.6 is 11.3 Å². The van der Waals surface area contributed by atoms with Gasteiger partial charge < -0.3 is 4.57 Å². The van der Waals surface area contributed by atoms with Gasteiger partial charge >= 0.3 is 0 Å². The topological polar surface area (TPSA) is 71.7 Å². The molecule has 178 valence electrons. The van der Waals surface area contributed by atoms with E-state index in [1.54, 1.807) is 7.05 Å². The number of terminal acetylenes is 1. The molecule has 0 bridgehead atoms. The summed E-state index contributed by atoms with van der Waals surface area (Å²) in [5.74, 6) is 0.193. The van der Waals surface area contributed by atoms with Crippen molar-refractivity contribution in [2.45, 2.75) is 49.6 Å². The number of carbonyl (C=O) groups excluding carboxylic acids is 1. The highest BCUT2D eigenvalue weighted by atomic mass is 32.2. The van der Waals surface area contributed by atoms with Crippen molar-refractivity contribution in [1.82, 2.24) is 8.87 Å². The molecule has 1 aliphatic carbocycles. The number of benzene rings is 2. The van der Waals surface area contributed by atoms with Gasteiger partial charge in [-0.15, -0.1) is 6.42 Å². The van der Waals surface area contributed by atoms with Gasteiger partial charge in [0.1, 0.15) is 5.82 Å². The summed E-state index contributed by atoms with van der Waals surface area (Å²) in [4.78, 5) is 17.1. The Bertz CT molecular complexity index is 1450. The molecule has 1 aliphatic rings. The third-order valence-corrected chi connectivity index (χ3v) is 8.96. The summed E-state index contributed by atoms with van der Waals surface area (Å²) in [7, 11) is -2.10. The summed E-state index contributed by atoms with van der Waals surface area (Å²) in [6.07, 6.45) is 10.2. The van der Waals surface area contributed by atoms with Crippen LogP contribution in [0.2, 0.25) is 0 Å². The lowest BCUT2D eigenvalue weighted by molar-refractivity contribution is 0.0997. The van der Waals surface area contributed by atoms with E-state index >= 15 is 0 Å². The molecule has 3 aromatic rings. The first-order valence-corrected chi connectivity index (χ1v) is 13.1. The molecule has 0 N–H and O–H groups in total. The normalized spacial score (nSPS) is 15.7. The average molecular weight is 504 g/mol. The largest absolute Gasteiger partial charge is 0.302 e. The Hall–Kier alpha value is -2.87. The molecule has 0 spiro atoms. The molecule has 4 rings (SSSR count). The third kappa shape index (κ3) is 4.69. The molecule has 0 atom stereocenters. The van der Waals surface area contributed by atoms with Gasteiger partial charge in [0.15, 0.2) is 10.6 Å². The lowest BCUT2D eigenvalue weighted by atomic mass is 9.96. The number of sulfonamides is 1. The van der Waals surface area contributed by atoms with Gasteiger partial charge in [-0.25, -0.2) is 17.2 Å². The van der Waals surface area contributed by atoms with Gasteiger partial charge in [0.2, 0.25) is 10.0 Å². The summed E-state index contributed by atoms with van der Waals surface area (Å²) < 4.78 is 57.0. The molecule has 34 heavy (non-hydrogen) atoms. The van der Waals surface area contributed by atoms with Gasteiger partial charge in [-0.3, -0.25) is 4.79 Å². The lowest BCUT2D eigenvalue weighted by Gasteiger charge is -2.30. The van der Waals surface area contributed by atoms with Crippen LogP contribution in [0.15, 0.2) is 46.3 Å². The predicted octanol–water partition coefficient (Wildman–Crippen LogP) is 4.31. The van der Waals surface area contributed by atoms with E-state index in [0.29, 0.717) is 0 Å². The van der Waals surface area contributed by atoms with Crippen LogP contribution in [-0.4, -0.2) is 36.3 Å². The van der Waals surface area contributed by atoms with E-state index in [9.17, 15) is 22.0 Å². The Kier molecular flexibility index (Phi) is 6.98. The van der Waals surface area contributed by atoms with Crippen LogP contribution in [0.3, 0.4) is 0 Å². The fraction of sp³-hybridized carbons (Fsp3) is 0.333. The fourth-order valence-electron chi connectivity index (χ4n) is 4.18. The second-order valence-corrected chi connectivity index (χ2v) is 11.2. The number of thiazole rings is 1. The van der Waals surface area contributed by atoms with Gasteiger partial charge in [-0.05, 0) is 43.2 Å². The van der Waals surface area contributed by atoms with E-state index in [1.165, 1.54) is 33.1 Å². The summed E-state index contributed by atoms with van der Waals surface area (Å²) in [5, 5.41) is 0. The fourth-order valence-corrected chi connectivity index (χ4v) is 6.66. The molecule has 1 saturated carbocycles. The molecular formula is C24H23F2N3O3S2. The maximum atomic E-state index is 14.4. The number of carbonyl (C=O) groups is 1. The van der Waals surface area contributed by atoms with E-state index in [2.05, 4.69) is 10.9 Å². The summed E-state index contributed by atoms with van der Waals surface area (Å²) in [5.41, 5.74) is 0.235. The number of rotatable bonds is 5. The second kappa shape index (κ2) is 9.78. The molecule has 0 aliphatic heterocycles. The molecule has 2 aromatic carbocycles. The Labute approximate surface area is 200 Å². The van der Waals surface area contributed by atoms with Crippen molar-refractivity contribution in [2.75, 3.05) is 7.05 Å². The van der Waals surface area contributed by atoms with Gasteiger partial charge in [0.25, 0.3) is 5.91 Å². The first-order chi connectivity index (χ1) is 16.2. The molecule has 0 unspecified atom stereocenters. The Morgan fingerprint density at radius 3 is 2.53 bits per heavy atom. The minimum absolute atomic E-state index is 0.0279. The molecule has 1 heterocycles. The Morgan fingerprint density at radius 1 is 1.21 bits per heavy atom. The first kappa shape index (κ1) is 24.3. The SMILES string of the molecule is C#CCn1c(=NC(=O)c2ccc(S(=O)(=O)N(C)C3CCCCC3)cc2)sc2cc(F)cc(F)c21. The van der Waals surface area contributed by atoms with Crippen LogP contribution < -0.4 is 4.80 Å². The third-order valence-electron chi connectivity index (χ3n) is 6.01. The van der Waals surface area contributed by atoms with Crippen LogP contribution in [0.5, 0.6) is 0 Å². The van der Waals surface area contributed by atoms with Crippen molar-refractivity contribution < 1.29 is 22.0 Å². The van der Waals surface area contributed by atoms with E-state index < -0.39 is 27.6 Å². The molecule has 1 amide bonds. The Balaban J connectivity index is 1.65. The van der Waals surface area contributed by atoms with Crippen LogP contribution in [0, 0.1) is 24.0 Å². The lowest BCUT2D eigenvalue weighted by Crippen LogP contribution is -2.38. The first-order valence-electron chi connectivity index (χ1n) is 10.8. The highest BCUT2D eigenvalue weighted by Crippen LogP contribution is 2.27. The van der Waals surface area contributed by atoms with Gasteiger partial charge in [-0.1, -0.05) is 36.5 Å². The smallest absolute Gasteiger partial charge is 0.279 e. The highest BCUT2D eigenvalue weighted by Gasteiger charge is 2.29. The van der Waals surface area contributed by atoms with Crippen LogP contribution in [0.25, 0.3) is 10.2 Å². The van der Waals surface area contributed by atoms with E-state index in [0.717, 1.165) is 55.6 Å². The zero-order valence-electron chi connectivity index (χ0n) is 18.5. The zero-order chi connectivity index (χ0) is 24.5. The number of hydrogen-bond acceptors (Lipinski definition) is 4. The number of halogens is 2. The minimum atomic E-state index is -3.69. The van der Waals surface area contributed by atoms with Gasteiger partial charge in [-0.2, -0.15) is 9.30 Å². The molecule has 1 aromatic heterocycles. The minimum Gasteiger partial charge on any atom is -0.302 e. The van der Waals surface area contributed by atoms with Gasteiger partial charge in [0, 0.05) is 24.7 Å². The maximum absolute atomic E-state index is 14.4. The van der Waals surface area contributed by atoms with E-state index in [1.807, 2.05) is 0 Å². The summed E-state index contributed by atoms with van der Waals surface area (Å²) >= 11 is 0.940. The second-order valence-electron chi connectivity index (χ2n) is 8.16. The zero-order valence-corrected chi connectivity index (χ0v) is 20.1. The number of hydrogen-bond donors (Lipinski definition) is 0. The highest BCUT2D eigenvalue weighted by molar-refractivity contribution is 7.89. The summed E-state index contributed by atoms with van der Waals surface area (Å²) in [6.45, 7) is -0.0562. The van der Waals surface area contributed by atoms with Crippen molar-refractivity contribution in [3.8, 4) is 12.3 Å².